The maximum atomic E-state index is 14.4. The van der Waals surface area contributed by atoms with E-state index in [1.54, 1.807) is 4.72 Å². The van der Waals surface area contributed by atoms with Gasteiger partial charge < -0.3 is 0 Å². The molecule has 164 valence electrons. The molecule has 0 fully saturated rings. The highest BCUT2D eigenvalue weighted by Crippen LogP contribution is 2.27. The first-order chi connectivity index (χ1) is 13.7. The van der Waals surface area contributed by atoms with Gasteiger partial charge in [-0.1, -0.05) is 11.6 Å². The van der Waals surface area contributed by atoms with Crippen molar-refractivity contribution >= 4 is 27.7 Å². The molecule has 0 unspecified atom stereocenters. The number of alkyl halides is 3. The molecule has 0 atom stereocenters. The Hall–Kier alpha value is -2.71. The van der Waals surface area contributed by atoms with Crippen LogP contribution in [0.2, 0.25) is 5.02 Å². The average molecular weight is 473 g/mol. The number of nitrogens with zero attached hydrogens (tertiary/aromatic N) is 2. The number of carbonyl (C=O) groups is 1. The molecule has 1 heterocycles. The summed E-state index contributed by atoms with van der Waals surface area (Å²) in [7, 11) is -2.37. The van der Waals surface area contributed by atoms with E-state index in [0.29, 0.717) is 6.07 Å². The normalized spacial score (nSPS) is 12.1. The molecule has 0 aliphatic rings. The van der Waals surface area contributed by atoms with Crippen molar-refractivity contribution in [3.05, 3.63) is 61.1 Å². The summed E-state index contributed by atoms with van der Waals surface area (Å²) in [4.78, 5) is 36.3. The molecule has 30 heavy (non-hydrogen) atoms. The zero-order valence-electron chi connectivity index (χ0n) is 15.2. The van der Waals surface area contributed by atoms with Crippen LogP contribution in [0.15, 0.2) is 27.8 Å². The van der Waals surface area contributed by atoms with Gasteiger partial charge in [-0.2, -0.15) is 21.6 Å². The lowest BCUT2D eigenvalue weighted by Gasteiger charge is -2.15. The van der Waals surface area contributed by atoms with Crippen LogP contribution in [0.3, 0.4) is 0 Å². The molecule has 1 amide bonds. The predicted octanol–water partition coefficient (Wildman–Crippen LogP) is 0.470. The first-order valence-corrected chi connectivity index (χ1v) is 9.66. The van der Waals surface area contributed by atoms with Gasteiger partial charge in [0.05, 0.1) is 12.1 Å². The third-order valence-electron chi connectivity index (χ3n) is 3.84. The number of hydrogen-bond donors (Lipinski definition) is 2. The van der Waals surface area contributed by atoms with Gasteiger partial charge in [0, 0.05) is 25.2 Å². The summed E-state index contributed by atoms with van der Waals surface area (Å²) in [6, 6.07) is 1.54. The molecule has 1 aromatic heterocycles. The maximum absolute atomic E-state index is 14.4. The molecule has 0 spiro atoms. The second kappa shape index (κ2) is 8.20. The molecule has 0 aliphatic heterocycles. The number of amides is 1. The van der Waals surface area contributed by atoms with Crippen LogP contribution in [0.1, 0.15) is 11.3 Å². The summed E-state index contributed by atoms with van der Waals surface area (Å²) in [6.07, 6.45) is -5.71. The Kier molecular flexibility index (Phi) is 6.44. The van der Waals surface area contributed by atoms with Gasteiger partial charge in [-0.05, 0) is 17.7 Å². The lowest BCUT2D eigenvalue weighted by atomic mass is 10.1. The topological polar surface area (TPSA) is 119 Å². The smallest absolute Gasteiger partial charge is 0.292 e. The predicted molar refractivity (Wildman–Crippen MR) is 97.1 cm³/mol. The van der Waals surface area contributed by atoms with Crippen molar-refractivity contribution in [3.63, 3.8) is 0 Å². The first-order valence-electron chi connectivity index (χ1n) is 7.80. The molecule has 0 saturated carbocycles. The van der Waals surface area contributed by atoms with E-state index in [1.807, 2.05) is 4.72 Å². The Morgan fingerprint density at radius 1 is 1.20 bits per heavy atom. The van der Waals surface area contributed by atoms with Crippen LogP contribution in [-0.4, -0.2) is 30.5 Å². The minimum Gasteiger partial charge on any atom is -0.292 e. The molecular weight excluding hydrogens is 460 g/mol. The molecule has 0 radical (unpaired) electrons. The fourth-order valence-corrected chi connectivity index (χ4v) is 3.11. The van der Waals surface area contributed by atoms with Crippen molar-refractivity contribution in [2.45, 2.75) is 12.6 Å². The summed E-state index contributed by atoms with van der Waals surface area (Å²) in [5, 5.41) is -0.343. The largest absolute Gasteiger partial charge is 0.431 e. The van der Waals surface area contributed by atoms with Crippen LogP contribution >= 0.6 is 11.6 Å². The van der Waals surface area contributed by atoms with Crippen molar-refractivity contribution in [3.8, 4) is 5.69 Å². The number of hydrogen-bond acceptors (Lipinski definition) is 5. The summed E-state index contributed by atoms with van der Waals surface area (Å²) >= 11 is 5.83. The van der Waals surface area contributed by atoms with Crippen molar-refractivity contribution in [2.75, 3.05) is 7.05 Å². The number of rotatable bonds is 5. The van der Waals surface area contributed by atoms with Gasteiger partial charge in [-0.25, -0.2) is 23.2 Å². The van der Waals surface area contributed by atoms with E-state index in [2.05, 4.69) is 0 Å². The van der Waals surface area contributed by atoms with E-state index in [0.717, 1.165) is 20.2 Å². The standard InChI is InChI=1S/C15H13ClF4N4O5S/c1-21-30(28,29)22-12(25)4-7-3-10(9(17)5-8(7)16)24-13(26)6-11(15(18,19)20)23(2)14(24)27/h3,5-6,21H,4H2,1-2H3,(H,22,25). The molecule has 2 N–H and O–H groups in total. The lowest BCUT2D eigenvalue weighted by Crippen LogP contribution is -2.41. The molecule has 0 bridgehead atoms. The molecule has 2 aromatic rings. The van der Waals surface area contributed by atoms with Crippen LogP contribution in [0.25, 0.3) is 5.69 Å². The van der Waals surface area contributed by atoms with Crippen molar-refractivity contribution in [2.24, 2.45) is 7.05 Å². The van der Waals surface area contributed by atoms with Crippen molar-refractivity contribution < 1.29 is 30.8 Å². The quantitative estimate of drug-likeness (QED) is 0.613. The molecule has 2 rings (SSSR count). The van der Waals surface area contributed by atoms with Gasteiger partial charge in [0.2, 0.25) is 5.91 Å². The van der Waals surface area contributed by atoms with E-state index in [-0.39, 0.29) is 25.8 Å². The number of aromatic nitrogens is 2. The average Bonchev–Trinajstić information content (AvgIpc) is 2.60. The Morgan fingerprint density at radius 2 is 1.80 bits per heavy atom. The van der Waals surface area contributed by atoms with E-state index in [4.69, 9.17) is 11.6 Å². The van der Waals surface area contributed by atoms with Crippen LogP contribution in [0.4, 0.5) is 17.6 Å². The zero-order valence-corrected chi connectivity index (χ0v) is 16.7. The van der Waals surface area contributed by atoms with Crippen LogP contribution in [-0.2, 0) is 34.6 Å². The summed E-state index contributed by atoms with van der Waals surface area (Å²) in [5.41, 5.74) is -5.47. The highest BCUT2D eigenvalue weighted by Gasteiger charge is 2.35. The lowest BCUT2D eigenvalue weighted by molar-refractivity contribution is -0.144. The fourth-order valence-electron chi connectivity index (χ4n) is 2.42. The Bertz CT molecular complexity index is 1240. The third kappa shape index (κ3) is 4.88. The molecule has 1 aromatic carbocycles. The Balaban J connectivity index is 2.61. The summed E-state index contributed by atoms with van der Waals surface area (Å²) in [5.74, 6) is -2.32. The van der Waals surface area contributed by atoms with Gasteiger partial charge >= 0.3 is 22.1 Å². The molecule has 9 nitrogen and oxygen atoms in total. The van der Waals surface area contributed by atoms with Gasteiger partial charge in [0.25, 0.3) is 5.56 Å². The van der Waals surface area contributed by atoms with Gasteiger partial charge in [-0.3, -0.25) is 14.2 Å². The third-order valence-corrected chi connectivity index (χ3v) is 5.22. The van der Waals surface area contributed by atoms with E-state index in [9.17, 15) is 40.4 Å². The van der Waals surface area contributed by atoms with Crippen LogP contribution in [0, 0.1) is 5.82 Å². The summed E-state index contributed by atoms with van der Waals surface area (Å²) in [6.45, 7) is 0. The van der Waals surface area contributed by atoms with Crippen LogP contribution in [0.5, 0.6) is 0 Å². The fraction of sp³-hybridized carbons (Fsp3) is 0.267. The molecule has 0 aliphatic carbocycles. The SMILES string of the molecule is CNS(=O)(=O)NC(=O)Cc1cc(-n2c(=O)cc(C(F)(F)F)n(C)c2=O)c(F)cc1Cl. The van der Waals surface area contributed by atoms with Crippen LogP contribution < -0.4 is 20.7 Å². The number of nitrogens with one attached hydrogen (secondary N) is 2. The summed E-state index contributed by atoms with van der Waals surface area (Å²) < 4.78 is 79.6. The minimum atomic E-state index is -5.01. The van der Waals surface area contributed by atoms with E-state index >= 15 is 0 Å². The maximum Gasteiger partial charge on any atom is 0.431 e. The molecule has 15 heteroatoms. The van der Waals surface area contributed by atoms with Gasteiger partial charge in [0.15, 0.2) is 0 Å². The molecular formula is C15H13ClF4N4O5S. The van der Waals surface area contributed by atoms with Gasteiger partial charge in [-0.15, -0.1) is 0 Å². The van der Waals surface area contributed by atoms with E-state index < -0.39 is 57.2 Å². The first kappa shape index (κ1) is 23.6. The highest BCUT2D eigenvalue weighted by atomic mass is 35.5. The zero-order chi connectivity index (χ0) is 23.0. The van der Waals surface area contributed by atoms with Crippen molar-refractivity contribution in [1.82, 2.24) is 18.6 Å². The number of halogens is 5. The number of carbonyl (C=O) groups excluding carboxylic acids is 1. The highest BCUT2D eigenvalue weighted by molar-refractivity contribution is 7.88. The molecule has 0 saturated heterocycles. The van der Waals surface area contributed by atoms with Crippen molar-refractivity contribution in [1.29, 1.82) is 0 Å². The van der Waals surface area contributed by atoms with E-state index in [1.165, 1.54) is 0 Å². The second-order valence-electron chi connectivity index (χ2n) is 5.85. The van der Waals surface area contributed by atoms with Gasteiger partial charge in [0.1, 0.15) is 11.5 Å². The Labute approximate surface area is 171 Å². The number of benzene rings is 1. The Morgan fingerprint density at radius 3 is 2.33 bits per heavy atom. The monoisotopic (exact) mass is 472 g/mol. The minimum absolute atomic E-state index is 0.112. The second-order valence-corrected chi connectivity index (χ2v) is 7.87.